The summed E-state index contributed by atoms with van der Waals surface area (Å²) in [5.41, 5.74) is 1.36. The molecule has 5 rings (SSSR count). The molecule has 2 bridgehead atoms. The van der Waals surface area contributed by atoms with Crippen molar-refractivity contribution >= 4 is 23.5 Å². The van der Waals surface area contributed by atoms with Gasteiger partial charge in [-0.3, -0.25) is 4.79 Å². The number of benzene rings is 2. The first-order chi connectivity index (χ1) is 19.8. The zero-order valence-electron chi connectivity index (χ0n) is 25.5. The summed E-state index contributed by atoms with van der Waals surface area (Å²) in [6.45, 7) is 9.81. The molecule has 8 nitrogen and oxygen atoms in total. The Bertz CT molecular complexity index is 1390. The minimum absolute atomic E-state index is 0.0386. The van der Waals surface area contributed by atoms with E-state index in [2.05, 4.69) is 0 Å². The third-order valence-corrected chi connectivity index (χ3v) is 9.94. The second-order valence-electron chi connectivity index (χ2n) is 13.2. The SMILES string of the molecule is COCc1c(C)c(Cl)c2c(c1OC(=O)C1(C)C3CCC1CC3)Oc1ccc(C(O)CC(C)(C)C)c(OC)c1C(=O)OC2. The molecule has 1 atom stereocenters. The van der Waals surface area contributed by atoms with E-state index in [-0.39, 0.29) is 65.0 Å². The van der Waals surface area contributed by atoms with Gasteiger partial charge in [-0.15, -0.1) is 0 Å². The Morgan fingerprint density at radius 3 is 2.36 bits per heavy atom. The summed E-state index contributed by atoms with van der Waals surface area (Å²) in [4.78, 5) is 27.4. The lowest BCUT2D eigenvalue weighted by atomic mass is 9.80. The number of aliphatic hydroxyl groups excluding tert-OH is 1. The average molecular weight is 601 g/mol. The van der Waals surface area contributed by atoms with Gasteiger partial charge < -0.3 is 28.8 Å². The molecule has 0 radical (unpaired) electrons. The molecule has 0 spiro atoms. The molecule has 1 heterocycles. The standard InChI is InChI=1S/C33H41ClO8/c1-17-21(15-38-6)28(42-31(37)33(5)18-8-9-19(33)11-10-18)29-22(26(17)34)16-40-30(36)25-24(41-29)13-12-20(27(25)39-7)23(35)14-32(2,3)4/h12-13,18-19,23,35H,8-11,14-16H2,1-7H3. The smallest absolute Gasteiger partial charge is 0.346 e. The van der Waals surface area contributed by atoms with Gasteiger partial charge in [0.2, 0.25) is 0 Å². The van der Waals surface area contributed by atoms with Crippen molar-refractivity contribution in [1.82, 2.24) is 0 Å². The second kappa shape index (κ2) is 11.4. The van der Waals surface area contributed by atoms with Crippen molar-refractivity contribution in [3.63, 3.8) is 0 Å². The summed E-state index contributed by atoms with van der Waals surface area (Å²) >= 11 is 6.83. The summed E-state index contributed by atoms with van der Waals surface area (Å²) in [5, 5.41) is 11.4. The van der Waals surface area contributed by atoms with Gasteiger partial charge in [0.1, 0.15) is 23.7 Å². The van der Waals surface area contributed by atoms with Gasteiger partial charge in [-0.2, -0.15) is 0 Å². The van der Waals surface area contributed by atoms with Gasteiger partial charge in [0, 0.05) is 18.2 Å². The van der Waals surface area contributed by atoms with Crippen molar-refractivity contribution in [2.24, 2.45) is 22.7 Å². The van der Waals surface area contributed by atoms with E-state index in [1.807, 2.05) is 34.6 Å². The lowest BCUT2D eigenvalue weighted by Crippen LogP contribution is -2.36. The second-order valence-corrected chi connectivity index (χ2v) is 13.6. The van der Waals surface area contributed by atoms with Crippen LogP contribution in [-0.2, 0) is 27.5 Å². The number of hydrogen-bond acceptors (Lipinski definition) is 8. The maximum atomic E-state index is 13.9. The highest BCUT2D eigenvalue weighted by Gasteiger charge is 2.57. The number of esters is 2. The Morgan fingerprint density at radius 1 is 1.14 bits per heavy atom. The van der Waals surface area contributed by atoms with Crippen LogP contribution in [0.3, 0.4) is 0 Å². The highest BCUT2D eigenvalue weighted by molar-refractivity contribution is 6.32. The predicted molar refractivity (Wildman–Crippen MR) is 157 cm³/mol. The number of halogens is 1. The van der Waals surface area contributed by atoms with Crippen molar-refractivity contribution in [2.45, 2.75) is 86.0 Å². The largest absolute Gasteiger partial charge is 0.495 e. The van der Waals surface area contributed by atoms with Gasteiger partial charge in [0.15, 0.2) is 11.5 Å². The molecule has 2 fully saturated rings. The third kappa shape index (κ3) is 5.16. The van der Waals surface area contributed by atoms with Crippen molar-refractivity contribution in [2.75, 3.05) is 14.2 Å². The predicted octanol–water partition coefficient (Wildman–Crippen LogP) is 7.47. The number of carbonyl (C=O) groups excluding carboxylic acids is 2. The summed E-state index contributed by atoms with van der Waals surface area (Å²) in [5.74, 6) is 0.292. The Balaban J connectivity index is 1.64. The third-order valence-electron chi connectivity index (χ3n) is 9.43. The molecular formula is C33H41ClO8. The van der Waals surface area contributed by atoms with Crippen molar-refractivity contribution < 1.29 is 38.4 Å². The quantitative estimate of drug-likeness (QED) is 0.258. The monoisotopic (exact) mass is 600 g/mol. The molecule has 2 aromatic rings. The molecule has 0 aromatic heterocycles. The van der Waals surface area contributed by atoms with Crippen LogP contribution in [0.4, 0.5) is 0 Å². The van der Waals surface area contributed by atoms with Gasteiger partial charge in [-0.05, 0) is 80.9 Å². The molecule has 9 heteroatoms. The van der Waals surface area contributed by atoms with Crippen LogP contribution in [0.1, 0.15) is 98.5 Å². The van der Waals surface area contributed by atoms with E-state index < -0.39 is 17.5 Å². The fourth-order valence-electron chi connectivity index (χ4n) is 7.08. The van der Waals surface area contributed by atoms with E-state index in [0.717, 1.165) is 25.7 Å². The number of aliphatic hydroxyl groups is 1. The van der Waals surface area contributed by atoms with E-state index >= 15 is 0 Å². The number of carbonyl (C=O) groups is 2. The Kier molecular flexibility index (Phi) is 8.29. The van der Waals surface area contributed by atoms with Gasteiger partial charge in [0.25, 0.3) is 0 Å². The average Bonchev–Trinajstić information content (AvgIpc) is 3.43. The van der Waals surface area contributed by atoms with Crippen LogP contribution in [0.15, 0.2) is 12.1 Å². The first-order valence-corrected chi connectivity index (χ1v) is 15.0. The summed E-state index contributed by atoms with van der Waals surface area (Å²) in [6, 6.07) is 3.28. The highest BCUT2D eigenvalue weighted by atomic mass is 35.5. The number of ether oxygens (including phenoxy) is 5. The summed E-state index contributed by atoms with van der Waals surface area (Å²) in [6.07, 6.45) is 3.62. The molecule has 1 unspecified atom stereocenters. The molecule has 0 amide bonds. The Hall–Kier alpha value is -2.81. The number of methoxy groups -OCH3 is 2. The molecule has 2 saturated carbocycles. The minimum atomic E-state index is -0.889. The fourth-order valence-corrected chi connectivity index (χ4v) is 7.33. The summed E-state index contributed by atoms with van der Waals surface area (Å²) < 4.78 is 29.7. The van der Waals surface area contributed by atoms with Crippen molar-refractivity contribution in [1.29, 1.82) is 0 Å². The van der Waals surface area contributed by atoms with Crippen LogP contribution in [0.2, 0.25) is 5.02 Å². The van der Waals surface area contributed by atoms with Crippen molar-refractivity contribution in [3.8, 4) is 23.0 Å². The number of rotatable bonds is 7. The van der Waals surface area contributed by atoms with Gasteiger partial charge >= 0.3 is 11.9 Å². The zero-order chi connectivity index (χ0) is 30.6. The molecule has 42 heavy (non-hydrogen) atoms. The molecule has 2 aromatic carbocycles. The van der Waals surface area contributed by atoms with Crippen LogP contribution in [0, 0.1) is 29.6 Å². The zero-order valence-corrected chi connectivity index (χ0v) is 26.3. The maximum Gasteiger partial charge on any atom is 0.346 e. The molecule has 2 aliphatic carbocycles. The van der Waals surface area contributed by atoms with E-state index in [9.17, 15) is 14.7 Å². The van der Waals surface area contributed by atoms with E-state index in [4.69, 9.17) is 35.3 Å². The lowest BCUT2D eigenvalue weighted by molar-refractivity contribution is -0.148. The molecule has 0 saturated heterocycles. The van der Waals surface area contributed by atoms with Gasteiger partial charge in [-0.25, -0.2) is 4.79 Å². The molecule has 1 N–H and O–H groups in total. The van der Waals surface area contributed by atoms with Gasteiger partial charge in [-0.1, -0.05) is 32.4 Å². The lowest BCUT2D eigenvalue weighted by Gasteiger charge is -2.30. The topological polar surface area (TPSA) is 101 Å². The van der Waals surface area contributed by atoms with Crippen LogP contribution in [0.5, 0.6) is 23.0 Å². The van der Waals surface area contributed by atoms with Crippen LogP contribution in [0.25, 0.3) is 0 Å². The number of fused-ring (bicyclic) bond motifs is 4. The van der Waals surface area contributed by atoms with Crippen LogP contribution >= 0.6 is 11.6 Å². The Labute approximate surface area is 252 Å². The van der Waals surface area contributed by atoms with Crippen LogP contribution in [-0.4, -0.2) is 31.3 Å². The number of cyclic esters (lactones) is 1. The van der Waals surface area contributed by atoms with Crippen LogP contribution < -0.4 is 14.2 Å². The molecular weight excluding hydrogens is 560 g/mol. The first kappa shape index (κ1) is 30.6. The fraction of sp³-hybridized carbons (Fsp3) is 0.576. The normalized spacial score (nSPS) is 23.7. The minimum Gasteiger partial charge on any atom is -0.495 e. The summed E-state index contributed by atoms with van der Waals surface area (Å²) in [7, 11) is 2.99. The Morgan fingerprint density at radius 2 is 1.79 bits per heavy atom. The van der Waals surface area contributed by atoms with Gasteiger partial charge in [0.05, 0.1) is 35.8 Å². The number of hydrogen-bond donors (Lipinski definition) is 1. The van der Waals surface area contributed by atoms with E-state index in [1.165, 1.54) is 7.11 Å². The highest BCUT2D eigenvalue weighted by Crippen LogP contribution is 2.59. The van der Waals surface area contributed by atoms with Crippen molar-refractivity contribution in [3.05, 3.63) is 45.0 Å². The van der Waals surface area contributed by atoms with E-state index in [1.54, 1.807) is 19.2 Å². The first-order valence-electron chi connectivity index (χ1n) is 14.6. The molecule has 1 aliphatic heterocycles. The molecule has 3 aliphatic rings. The molecule has 228 valence electrons. The maximum absolute atomic E-state index is 13.9. The van der Waals surface area contributed by atoms with E-state index in [0.29, 0.717) is 33.7 Å².